The van der Waals surface area contributed by atoms with Crippen LogP contribution in [0.15, 0.2) is 48.5 Å². The molecule has 88 valence electrons. The van der Waals surface area contributed by atoms with Crippen LogP contribution in [-0.2, 0) is 12.8 Å². The summed E-state index contributed by atoms with van der Waals surface area (Å²) in [5.41, 5.74) is 2.88. The average Bonchev–Trinajstić information content (AvgIpc) is 2.34. The SMILES string of the molecule is Ic1ccc(CCCc2ccc(I)cc2)cc1. The quantitative estimate of drug-likeness (QED) is 0.574. The monoisotopic (exact) mass is 448 g/mol. The van der Waals surface area contributed by atoms with Crippen molar-refractivity contribution in [1.82, 2.24) is 0 Å². The minimum atomic E-state index is 1.17. The van der Waals surface area contributed by atoms with Gasteiger partial charge in [-0.25, -0.2) is 0 Å². The van der Waals surface area contributed by atoms with E-state index in [1.165, 1.54) is 37.5 Å². The lowest BCUT2D eigenvalue weighted by Crippen LogP contribution is -1.90. The highest BCUT2D eigenvalue weighted by Gasteiger charge is 1.96. The predicted octanol–water partition coefficient (Wildman–Crippen LogP) is 5.07. The molecule has 0 atom stereocenters. The Balaban J connectivity index is 1.83. The molecule has 0 unspecified atom stereocenters. The van der Waals surface area contributed by atoms with Crippen LogP contribution in [0.4, 0.5) is 0 Å². The fourth-order valence-electron chi connectivity index (χ4n) is 1.80. The molecule has 0 aromatic heterocycles. The maximum absolute atomic E-state index is 2.35. The molecule has 2 heteroatoms. The Morgan fingerprint density at radius 2 is 0.941 bits per heavy atom. The van der Waals surface area contributed by atoms with E-state index in [1.54, 1.807) is 0 Å². The lowest BCUT2D eigenvalue weighted by Gasteiger charge is -2.03. The zero-order valence-corrected chi connectivity index (χ0v) is 13.8. The van der Waals surface area contributed by atoms with Gasteiger partial charge >= 0.3 is 0 Å². The molecule has 0 aliphatic rings. The number of aryl methyl sites for hydroxylation is 2. The van der Waals surface area contributed by atoms with Crippen molar-refractivity contribution in [2.24, 2.45) is 0 Å². The topological polar surface area (TPSA) is 0 Å². The molecule has 2 rings (SSSR count). The van der Waals surface area contributed by atoms with Gasteiger partial charge in [0.25, 0.3) is 0 Å². The molecule has 17 heavy (non-hydrogen) atoms. The summed E-state index contributed by atoms with van der Waals surface area (Å²) in [5, 5.41) is 0. The zero-order chi connectivity index (χ0) is 12.1. The van der Waals surface area contributed by atoms with E-state index in [9.17, 15) is 0 Å². The lowest BCUT2D eigenvalue weighted by atomic mass is 10.0. The number of hydrogen-bond donors (Lipinski definition) is 0. The Bertz CT molecular complexity index is 412. The van der Waals surface area contributed by atoms with Crippen LogP contribution >= 0.6 is 45.2 Å². The molecule has 0 bridgehead atoms. The Hall–Kier alpha value is -0.100. The van der Waals surface area contributed by atoms with Gasteiger partial charge < -0.3 is 0 Å². The van der Waals surface area contributed by atoms with E-state index in [4.69, 9.17) is 0 Å². The molecule has 2 aromatic rings. The van der Waals surface area contributed by atoms with Crippen molar-refractivity contribution in [1.29, 1.82) is 0 Å². The molecule has 0 fully saturated rings. The zero-order valence-electron chi connectivity index (χ0n) is 9.50. The van der Waals surface area contributed by atoms with Gasteiger partial charge in [0.05, 0.1) is 0 Å². The van der Waals surface area contributed by atoms with Gasteiger partial charge in [-0.2, -0.15) is 0 Å². The van der Waals surface area contributed by atoms with Crippen LogP contribution in [0.2, 0.25) is 0 Å². The van der Waals surface area contributed by atoms with Gasteiger partial charge in [-0.3, -0.25) is 0 Å². The van der Waals surface area contributed by atoms with Gasteiger partial charge in [0.15, 0.2) is 0 Å². The molecule has 0 nitrogen and oxygen atoms in total. The second kappa shape index (κ2) is 6.73. The van der Waals surface area contributed by atoms with Crippen LogP contribution in [0.1, 0.15) is 17.5 Å². The van der Waals surface area contributed by atoms with Crippen LogP contribution in [0.5, 0.6) is 0 Å². The fourth-order valence-corrected chi connectivity index (χ4v) is 2.52. The summed E-state index contributed by atoms with van der Waals surface area (Å²) in [7, 11) is 0. The molecular weight excluding hydrogens is 434 g/mol. The number of hydrogen-bond acceptors (Lipinski definition) is 0. The molecule has 0 aliphatic heterocycles. The van der Waals surface area contributed by atoms with Crippen molar-refractivity contribution in [2.75, 3.05) is 0 Å². The minimum absolute atomic E-state index is 1.17. The highest BCUT2D eigenvalue weighted by Crippen LogP contribution is 2.12. The Morgan fingerprint density at radius 3 is 1.29 bits per heavy atom. The van der Waals surface area contributed by atoms with Crippen molar-refractivity contribution in [2.45, 2.75) is 19.3 Å². The third-order valence-electron chi connectivity index (χ3n) is 2.76. The normalized spacial score (nSPS) is 10.5. The van der Waals surface area contributed by atoms with Crippen LogP contribution in [0.3, 0.4) is 0 Å². The fraction of sp³-hybridized carbons (Fsp3) is 0.200. The summed E-state index contributed by atoms with van der Waals surface area (Å²) in [6.45, 7) is 0. The van der Waals surface area contributed by atoms with Gasteiger partial charge in [-0.1, -0.05) is 24.3 Å². The molecule has 0 heterocycles. The third-order valence-corrected chi connectivity index (χ3v) is 4.20. The van der Waals surface area contributed by atoms with Gasteiger partial charge in [-0.05, 0) is 99.8 Å². The van der Waals surface area contributed by atoms with Crippen LogP contribution in [-0.4, -0.2) is 0 Å². The highest BCUT2D eigenvalue weighted by atomic mass is 127. The Labute approximate surface area is 130 Å². The summed E-state index contributed by atoms with van der Waals surface area (Å²) in [6, 6.07) is 17.7. The summed E-state index contributed by atoms with van der Waals surface area (Å²) in [6.07, 6.45) is 3.56. The summed E-state index contributed by atoms with van der Waals surface area (Å²) >= 11 is 4.69. The first-order valence-corrected chi connectivity index (χ1v) is 7.89. The minimum Gasteiger partial charge on any atom is -0.0580 e. The molecule has 0 spiro atoms. The first kappa shape index (κ1) is 13.3. The lowest BCUT2D eigenvalue weighted by molar-refractivity contribution is 0.820. The van der Waals surface area contributed by atoms with E-state index in [0.29, 0.717) is 0 Å². The summed E-state index contributed by atoms with van der Waals surface area (Å²) in [4.78, 5) is 0. The van der Waals surface area contributed by atoms with Crippen molar-refractivity contribution in [3.05, 3.63) is 66.8 Å². The van der Waals surface area contributed by atoms with Crippen molar-refractivity contribution in [3.63, 3.8) is 0 Å². The molecule has 0 saturated heterocycles. The van der Waals surface area contributed by atoms with E-state index < -0.39 is 0 Å². The number of rotatable bonds is 4. The average molecular weight is 448 g/mol. The Morgan fingerprint density at radius 1 is 0.588 bits per heavy atom. The maximum Gasteiger partial charge on any atom is 0.0130 e. The standard InChI is InChI=1S/C15H14I2/c16-14-8-4-12(5-9-14)2-1-3-13-6-10-15(17)11-7-13/h4-11H,1-3H2. The first-order chi connectivity index (χ1) is 8.24. The van der Waals surface area contributed by atoms with Gasteiger partial charge in [0.1, 0.15) is 0 Å². The van der Waals surface area contributed by atoms with Gasteiger partial charge in [-0.15, -0.1) is 0 Å². The smallest absolute Gasteiger partial charge is 0.0130 e. The molecular formula is C15H14I2. The summed E-state index contributed by atoms with van der Waals surface area (Å²) < 4.78 is 2.62. The number of halogens is 2. The molecule has 0 amide bonds. The third kappa shape index (κ3) is 4.58. The van der Waals surface area contributed by atoms with Gasteiger partial charge in [0, 0.05) is 7.14 Å². The molecule has 0 saturated carbocycles. The maximum atomic E-state index is 2.35. The van der Waals surface area contributed by atoms with E-state index in [0.717, 1.165) is 0 Å². The van der Waals surface area contributed by atoms with E-state index in [2.05, 4.69) is 93.7 Å². The largest absolute Gasteiger partial charge is 0.0580 e. The predicted molar refractivity (Wildman–Crippen MR) is 90.3 cm³/mol. The molecule has 0 N–H and O–H groups in total. The van der Waals surface area contributed by atoms with Gasteiger partial charge in [0.2, 0.25) is 0 Å². The van der Waals surface area contributed by atoms with E-state index >= 15 is 0 Å². The van der Waals surface area contributed by atoms with Crippen molar-refractivity contribution in [3.8, 4) is 0 Å². The van der Waals surface area contributed by atoms with Crippen LogP contribution < -0.4 is 0 Å². The summed E-state index contributed by atoms with van der Waals surface area (Å²) in [5.74, 6) is 0. The van der Waals surface area contributed by atoms with E-state index in [-0.39, 0.29) is 0 Å². The number of benzene rings is 2. The van der Waals surface area contributed by atoms with Crippen LogP contribution in [0, 0.1) is 7.14 Å². The second-order valence-electron chi connectivity index (χ2n) is 4.11. The molecule has 0 aliphatic carbocycles. The van der Waals surface area contributed by atoms with Crippen molar-refractivity contribution < 1.29 is 0 Å². The molecule has 0 radical (unpaired) electrons. The highest BCUT2D eigenvalue weighted by molar-refractivity contribution is 14.1. The molecule has 2 aromatic carbocycles. The van der Waals surface area contributed by atoms with Crippen LogP contribution in [0.25, 0.3) is 0 Å². The van der Waals surface area contributed by atoms with E-state index in [1.807, 2.05) is 0 Å². The first-order valence-electron chi connectivity index (χ1n) is 5.73. The van der Waals surface area contributed by atoms with Crippen molar-refractivity contribution >= 4 is 45.2 Å². The Kier molecular flexibility index (Phi) is 5.28. The second-order valence-corrected chi connectivity index (χ2v) is 6.60.